The Kier molecular flexibility index (Phi) is 8.14. The second-order valence-electron chi connectivity index (χ2n) is 9.40. The first-order valence-corrected chi connectivity index (χ1v) is 13.1. The molecule has 0 spiro atoms. The van der Waals surface area contributed by atoms with Crippen LogP contribution in [0.2, 0.25) is 0 Å². The summed E-state index contributed by atoms with van der Waals surface area (Å²) in [5.41, 5.74) is 7.01. The smallest absolute Gasteiger partial charge is 0.271 e. The lowest BCUT2D eigenvalue weighted by molar-refractivity contribution is -0.114. The number of hydrogen-bond acceptors (Lipinski definition) is 7. The van der Waals surface area contributed by atoms with Crippen molar-refractivity contribution in [3.05, 3.63) is 103 Å². The molecule has 1 aliphatic rings. The Hall–Kier alpha value is -4.69. The summed E-state index contributed by atoms with van der Waals surface area (Å²) in [5.74, 6) is 0.610. The number of nitrogens with one attached hydrogen (secondary N) is 4. The van der Waals surface area contributed by atoms with Gasteiger partial charge >= 0.3 is 0 Å². The fourth-order valence-corrected chi connectivity index (χ4v) is 4.62. The minimum absolute atomic E-state index is 0.114. The van der Waals surface area contributed by atoms with Gasteiger partial charge in [0.25, 0.3) is 5.91 Å². The third-order valence-corrected chi connectivity index (χ3v) is 6.53. The second-order valence-corrected chi connectivity index (χ2v) is 9.40. The summed E-state index contributed by atoms with van der Waals surface area (Å²) in [6, 6.07) is 25.9. The third-order valence-electron chi connectivity index (χ3n) is 6.53. The highest BCUT2D eigenvalue weighted by atomic mass is 16.2. The van der Waals surface area contributed by atoms with Gasteiger partial charge < -0.3 is 26.2 Å². The molecule has 8 heteroatoms. The van der Waals surface area contributed by atoms with Crippen LogP contribution in [0.3, 0.4) is 0 Å². The molecule has 0 saturated carbocycles. The number of anilines is 5. The summed E-state index contributed by atoms with van der Waals surface area (Å²) < 4.78 is 0. The molecule has 0 atom stereocenters. The quantitative estimate of drug-likeness (QED) is 0.222. The highest BCUT2D eigenvalue weighted by molar-refractivity contribution is 6.05. The van der Waals surface area contributed by atoms with E-state index in [1.165, 1.54) is 5.56 Å². The van der Waals surface area contributed by atoms with Crippen molar-refractivity contribution in [2.45, 2.75) is 13.8 Å². The Morgan fingerprint density at radius 2 is 1.62 bits per heavy atom. The lowest BCUT2D eigenvalue weighted by Crippen LogP contribution is -2.45. The molecular formula is C31H33N7O. The van der Waals surface area contributed by atoms with Gasteiger partial charge in [0.15, 0.2) is 0 Å². The lowest BCUT2D eigenvalue weighted by atomic mass is 10.1. The number of piperazine rings is 1. The van der Waals surface area contributed by atoms with E-state index < -0.39 is 0 Å². The predicted molar refractivity (Wildman–Crippen MR) is 158 cm³/mol. The Balaban J connectivity index is 1.32. The Bertz CT molecular complexity index is 1480. The predicted octanol–water partition coefficient (Wildman–Crippen LogP) is 5.69. The molecule has 4 N–H and O–H groups in total. The van der Waals surface area contributed by atoms with Crippen LogP contribution in [0, 0.1) is 6.92 Å². The standard InChI is InChI=1S/C31H33N7O/c1-3-29(38-16-14-32-15-17-38)31(39)37-27-13-5-4-12-26(27)35-25-11-7-9-23(19-25)28-20-30(34-21-33-28)36-24-10-6-8-22(2)18-24/h3-13,18-21,32,35H,14-17H2,1-2H3,(H,37,39)(H,33,34,36)/b29-3+. The van der Waals surface area contributed by atoms with Gasteiger partial charge in [-0.15, -0.1) is 0 Å². The van der Waals surface area contributed by atoms with Crippen molar-refractivity contribution in [3.8, 4) is 11.3 Å². The summed E-state index contributed by atoms with van der Waals surface area (Å²) >= 11 is 0. The largest absolute Gasteiger partial charge is 0.365 e. The number of aryl methyl sites for hydroxylation is 1. The average molecular weight is 520 g/mol. The summed E-state index contributed by atoms with van der Waals surface area (Å²) in [6.45, 7) is 7.33. The first-order valence-electron chi connectivity index (χ1n) is 13.1. The van der Waals surface area contributed by atoms with Gasteiger partial charge in [-0.2, -0.15) is 0 Å². The molecule has 2 heterocycles. The maximum absolute atomic E-state index is 13.2. The summed E-state index contributed by atoms with van der Waals surface area (Å²) in [7, 11) is 0. The van der Waals surface area contributed by atoms with E-state index in [4.69, 9.17) is 0 Å². The summed E-state index contributed by atoms with van der Waals surface area (Å²) in [4.78, 5) is 24.2. The van der Waals surface area contributed by atoms with Crippen molar-refractivity contribution in [2.75, 3.05) is 42.1 Å². The fourth-order valence-electron chi connectivity index (χ4n) is 4.62. The van der Waals surface area contributed by atoms with Crippen molar-refractivity contribution in [1.29, 1.82) is 0 Å². The average Bonchev–Trinajstić information content (AvgIpc) is 2.95. The zero-order valence-electron chi connectivity index (χ0n) is 22.2. The number of rotatable bonds is 8. The van der Waals surface area contributed by atoms with Crippen LogP contribution < -0.4 is 21.3 Å². The third kappa shape index (κ3) is 6.61. The summed E-state index contributed by atoms with van der Waals surface area (Å²) in [6.07, 6.45) is 3.44. The van der Waals surface area contributed by atoms with Gasteiger partial charge in [0.1, 0.15) is 12.1 Å². The van der Waals surface area contributed by atoms with Crippen LogP contribution in [0.25, 0.3) is 11.3 Å². The Morgan fingerprint density at radius 3 is 2.38 bits per heavy atom. The molecule has 5 rings (SSSR count). The number of amides is 1. The highest BCUT2D eigenvalue weighted by Crippen LogP contribution is 2.29. The molecule has 1 aliphatic heterocycles. The molecule has 0 unspecified atom stereocenters. The van der Waals surface area contributed by atoms with E-state index in [0.717, 1.165) is 60.3 Å². The number of nitrogens with zero attached hydrogens (tertiary/aromatic N) is 3. The van der Waals surface area contributed by atoms with Gasteiger partial charge in [-0.05, 0) is 55.8 Å². The van der Waals surface area contributed by atoms with Crippen molar-refractivity contribution < 1.29 is 4.79 Å². The zero-order valence-corrected chi connectivity index (χ0v) is 22.2. The second kappa shape index (κ2) is 12.2. The van der Waals surface area contributed by atoms with Gasteiger partial charge in [0.2, 0.25) is 0 Å². The molecular weight excluding hydrogens is 486 g/mol. The molecule has 4 aromatic rings. The van der Waals surface area contributed by atoms with E-state index in [1.807, 2.05) is 79.7 Å². The first kappa shape index (κ1) is 25.9. The molecule has 8 nitrogen and oxygen atoms in total. The molecule has 3 aromatic carbocycles. The number of carbonyl (C=O) groups is 1. The normalized spacial score (nSPS) is 13.6. The molecule has 0 aliphatic carbocycles. The molecule has 39 heavy (non-hydrogen) atoms. The van der Waals surface area contributed by atoms with Crippen LogP contribution in [-0.4, -0.2) is 47.0 Å². The lowest BCUT2D eigenvalue weighted by Gasteiger charge is -2.30. The van der Waals surface area contributed by atoms with Crippen molar-refractivity contribution in [3.63, 3.8) is 0 Å². The minimum Gasteiger partial charge on any atom is -0.365 e. The molecule has 1 fully saturated rings. The molecule has 1 amide bonds. The monoisotopic (exact) mass is 519 g/mol. The van der Waals surface area contributed by atoms with Crippen LogP contribution in [0.5, 0.6) is 0 Å². The van der Waals surface area contributed by atoms with E-state index in [9.17, 15) is 4.79 Å². The van der Waals surface area contributed by atoms with E-state index in [0.29, 0.717) is 11.4 Å². The van der Waals surface area contributed by atoms with Crippen molar-refractivity contribution in [1.82, 2.24) is 20.2 Å². The van der Waals surface area contributed by atoms with E-state index in [-0.39, 0.29) is 5.91 Å². The SMILES string of the molecule is C/C=C(\C(=O)Nc1ccccc1Nc1cccc(-c2cc(Nc3cccc(C)c3)ncn2)c1)N1CCNCC1. The number of para-hydroxylation sites is 2. The van der Waals surface area contributed by atoms with E-state index in [2.05, 4.69) is 55.2 Å². The maximum Gasteiger partial charge on any atom is 0.271 e. The molecule has 198 valence electrons. The van der Waals surface area contributed by atoms with Crippen LogP contribution in [0.1, 0.15) is 12.5 Å². The van der Waals surface area contributed by atoms with Gasteiger partial charge in [-0.1, -0.05) is 42.5 Å². The van der Waals surface area contributed by atoms with Gasteiger partial charge in [-0.25, -0.2) is 9.97 Å². The maximum atomic E-state index is 13.2. The van der Waals surface area contributed by atoms with Crippen LogP contribution in [0.4, 0.5) is 28.6 Å². The Labute approximate surface area is 229 Å². The molecule has 1 aromatic heterocycles. The molecule has 0 radical (unpaired) electrons. The van der Waals surface area contributed by atoms with Crippen LogP contribution in [0.15, 0.2) is 97.0 Å². The number of carbonyl (C=O) groups excluding carboxylic acids is 1. The minimum atomic E-state index is -0.114. The Morgan fingerprint density at radius 1 is 0.872 bits per heavy atom. The van der Waals surface area contributed by atoms with Crippen molar-refractivity contribution in [2.24, 2.45) is 0 Å². The highest BCUT2D eigenvalue weighted by Gasteiger charge is 2.19. The van der Waals surface area contributed by atoms with E-state index >= 15 is 0 Å². The van der Waals surface area contributed by atoms with Crippen LogP contribution >= 0.6 is 0 Å². The van der Waals surface area contributed by atoms with Crippen LogP contribution in [-0.2, 0) is 4.79 Å². The summed E-state index contributed by atoms with van der Waals surface area (Å²) in [5, 5.41) is 13.3. The van der Waals surface area contributed by atoms with Crippen molar-refractivity contribution >= 4 is 34.5 Å². The number of aromatic nitrogens is 2. The number of hydrogen-bond donors (Lipinski definition) is 4. The zero-order chi connectivity index (χ0) is 27.0. The first-order chi connectivity index (χ1) is 19.1. The molecule has 1 saturated heterocycles. The number of benzene rings is 3. The van der Waals surface area contributed by atoms with Gasteiger partial charge in [0.05, 0.1) is 22.8 Å². The van der Waals surface area contributed by atoms with Gasteiger partial charge in [0, 0.05) is 49.2 Å². The topological polar surface area (TPSA) is 94.2 Å². The fraction of sp³-hybridized carbons (Fsp3) is 0.194. The number of allylic oxidation sites excluding steroid dienone is 1. The molecule has 0 bridgehead atoms. The van der Waals surface area contributed by atoms with Gasteiger partial charge in [-0.3, -0.25) is 4.79 Å². The van der Waals surface area contributed by atoms with E-state index in [1.54, 1.807) is 6.33 Å².